The summed E-state index contributed by atoms with van der Waals surface area (Å²) in [7, 11) is -3.30. The normalized spacial score (nSPS) is 15.1. The van der Waals surface area contributed by atoms with Crippen LogP contribution in [-0.4, -0.2) is 38.0 Å². The molecular weight excluding hydrogens is 524 g/mol. The number of nitrogens with zero attached hydrogens (tertiary/aromatic N) is 2. The second kappa shape index (κ2) is 10.7. The molecule has 1 aliphatic rings. The lowest BCUT2D eigenvalue weighted by molar-refractivity contribution is 0.218. The molecule has 198 valence electrons. The molecule has 1 aliphatic heterocycles. The summed E-state index contributed by atoms with van der Waals surface area (Å²) in [5.74, 6) is -0.125. The van der Waals surface area contributed by atoms with E-state index in [0.29, 0.717) is 28.5 Å². The SMILES string of the molecule is CS(=O)(=O)c1ccc(Oc2ccc(NC(=O)N3CC(c4ccc(F)cc4)C(c4ccc(F)cc4)=N3)cc2)cc1. The van der Waals surface area contributed by atoms with Gasteiger partial charge in [-0.25, -0.2) is 27.0 Å². The molecule has 0 aromatic heterocycles. The number of hydrogen-bond acceptors (Lipinski definition) is 5. The van der Waals surface area contributed by atoms with E-state index in [4.69, 9.17) is 4.74 Å². The molecule has 1 unspecified atom stereocenters. The molecule has 1 atom stereocenters. The zero-order valence-corrected chi connectivity index (χ0v) is 21.5. The van der Waals surface area contributed by atoms with Crippen molar-refractivity contribution in [1.82, 2.24) is 5.01 Å². The summed E-state index contributed by atoms with van der Waals surface area (Å²) in [5.41, 5.74) is 2.51. The Morgan fingerprint density at radius 3 is 1.95 bits per heavy atom. The van der Waals surface area contributed by atoms with Crippen molar-refractivity contribution in [2.24, 2.45) is 5.10 Å². The summed E-state index contributed by atoms with van der Waals surface area (Å²) in [5, 5.41) is 8.61. The minimum Gasteiger partial charge on any atom is -0.457 e. The molecule has 1 heterocycles. The van der Waals surface area contributed by atoms with Crippen LogP contribution >= 0.6 is 0 Å². The van der Waals surface area contributed by atoms with Gasteiger partial charge in [0, 0.05) is 17.9 Å². The van der Waals surface area contributed by atoms with Crippen molar-refractivity contribution in [3.8, 4) is 11.5 Å². The summed E-state index contributed by atoms with van der Waals surface area (Å²) in [6, 6.07) is 24.1. The van der Waals surface area contributed by atoms with Crippen LogP contribution < -0.4 is 10.1 Å². The van der Waals surface area contributed by atoms with Gasteiger partial charge in [0.05, 0.1) is 17.2 Å². The summed E-state index contributed by atoms with van der Waals surface area (Å²) >= 11 is 0. The van der Waals surface area contributed by atoms with E-state index in [-0.39, 0.29) is 29.0 Å². The van der Waals surface area contributed by atoms with Crippen molar-refractivity contribution in [1.29, 1.82) is 0 Å². The number of anilines is 1. The molecule has 10 heteroatoms. The number of carbonyl (C=O) groups is 1. The molecule has 0 fully saturated rings. The number of amides is 2. The predicted octanol–water partition coefficient (Wildman–Crippen LogP) is 6.20. The largest absolute Gasteiger partial charge is 0.457 e. The highest BCUT2D eigenvalue weighted by atomic mass is 32.2. The van der Waals surface area contributed by atoms with Crippen LogP contribution in [0.5, 0.6) is 11.5 Å². The van der Waals surface area contributed by atoms with E-state index in [1.807, 2.05) is 0 Å². The van der Waals surface area contributed by atoms with E-state index < -0.39 is 15.9 Å². The van der Waals surface area contributed by atoms with Crippen molar-refractivity contribution in [3.63, 3.8) is 0 Å². The molecule has 7 nitrogen and oxygen atoms in total. The number of halogens is 2. The first-order valence-corrected chi connectivity index (χ1v) is 13.8. The van der Waals surface area contributed by atoms with Gasteiger partial charge in [0.2, 0.25) is 0 Å². The third-order valence-electron chi connectivity index (χ3n) is 6.15. The maximum Gasteiger partial charge on any atom is 0.342 e. The fraction of sp³-hybridized carbons (Fsp3) is 0.103. The van der Waals surface area contributed by atoms with Crippen LogP contribution in [0.3, 0.4) is 0 Å². The summed E-state index contributed by atoms with van der Waals surface area (Å²) in [4.78, 5) is 13.3. The average molecular weight is 548 g/mol. The number of ether oxygens (including phenoxy) is 1. The average Bonchev–Trinajstić information content (AvgIpc) is 3.36. The number of benzene rings is 4. The smallest absolute Gasteiger partial charge is 0.342 e. The Morgan fingerprint density at radius 2 is 1.38 bits per heavy atom. The van der Waals surface area contributed by atoms with Gasteiger partial charge in [-0.1, -0.05) is 24.3 Å². The third-order valence-corrected chi connectivity index (χ3v) is 7.28. The van der Waals surface area contributed by atoms with Crippen LogP contribution in [0.15, 0.2) is 107 Å². The first kappa shape index (κ1) is 26.1. The Bertz CT molecular complexity index is 1620. The van der Waals surface area contributed by atoms with Gasteiger partial charge in [0.25, 0.3) is 0 Å². The lowest BCUT2D eigenvalue weighted by atomic mass is 9.90. The van der Waals surface area contributed by atoms with Crippen LogP contribution in [-0.2, 0) is 9.84 Å². The molecule has 4 aromatic carbocycles. The fourth-order valence-electron chi connectivity index (χ4n) is 4.15. The van der Waals surface area contributed by atoms with Crippen molar-refractivity contribution < 1.29 is 26.7 Å². The van der Waals surface area contributed by atoms with Crippen molar-refractivity contribution >= 4 is 27.3 Å². The molecule has 0 saturated carbocycles. The second-order valence-electron chi connectivity index (χ2n) is 8.98. The summed E-state index contributed by atoms with van der Waals surface area (Å²) in [6.07, 6.45) is 1.13. The highest BCUT2D eigenvalue weighted by Crippen LogP contribution is 2.30. The van der Waals surface area contributed by atoms with Gasteiger partial charge in [-0.3, -0.25) is 0 Å². The summed E-state index contributed by atoms with van der Waals surface area (Å²) < 4.78 is 56.0. The molecule has 0 radical (unpaired) electrons. The molecule has 0 aliphatic carbocycles. The zero-order valence-electron chi connectivity index (χ0n) is 20.7. The minimum absolute atomic E-state index is 0.196. The number of nitrogens with one attached hydrogen (secondary N) is 1. The summed E-state index contributed by atoms with van der Waals surface area (Å²) in [6.45, 7) is 0.217. The van der Waals surface area contributed by atoms with Gasteiger partial charge < -0.3 is 10.1 Å². The Balaban J connectivity index is 1.29. The first-order valence-electron chi connectivity index (χ1n) is 11.9. The van der Waals surface area contributed by atoms with Crippen molar-refractivity contribution in [2.75, 3.05) is 18.1 Å². The second-order valence-corrected chi connectivity index (χ2v) is 11.0. The van der Waals surface area contributed by atoms with E-state index in [0.717, 1.165) is 11.8 Å². The molecule has 5 rings (SSSR count). The monoisotopic (exact) mass is 547 g/mol. The van der Waals surface area contributed by atoms with Crippen molar-refractivity contribution in [3.05, 3.63) is 120 Å². The Morgan fingerprint density at radius 1 is 0.846 bits per heavy atom. The van der Waals surface area contributed by atoms with E-state index in [9.17, 15) is 22.0 Å². The highest BCUT2D eigenvalue weighted by molar-refractivity contribution is 7.90. The van der Waals surface area contributed by atoms with Crippen molar-refractivity contribution in [2.45, 2.75) is 10.8 Å². The molecular formula is C29H23F2N3O4S. The van der Waals surface area contributed by atoms with Gasteiger partial charge >= 0.3 is 6.03 Å². The van der Waals surface area contributed by atoms with Crippen LogP contribution in [0.4, 0.5) is 19.3 Å². The van der Waals surface area contributed by atoms with Gasteiger partial charge in [-0.05, 0) is 83.9 Å². The van der Waals surface area contributed by atoms with E-state index in [1.54, 1.807) is 60.7 Å². The predicted molar refractivity (Wildman–Crippen MR) is 144 cm³/mol. The molecule has 2 amide bonds. The number of carbonyl (C=O) groups excluding carboxylic acids is 1. The Labute approximate surface area is 224 Å². The quantitative estimate of drug-likeness (QED) is 0.312. The number of hydrazone groups is 1. The minimum atomic E-state index is -3.30. The molecule has 39 heavy (non-hydrogen) atoms. The van der Waals surface area contributed by atoms with Gasteiger partial charge in [0.1, 0.15) is 23.1 Å². The van der Waals surface area contributed by atoms with Gasteiger partial charge in [0.15, 0.2) is 9.84 Å². The van der Waals surface area contributed by atoms with E-state index in [2.05, 4.69) is 10.4 Å². The lowest BCUT2D eigenvalue weighted by Crippen LogP contribution is -2.30. The Hall–Kier alpha value is -4.57. The van der Waals surface area contributed by atoms with Gasteiger partial charge in [-0.2, -0.15) is 5.10 Å². The first-order chi connectivity index (χ1) is 18.7. The van der Waals surface area contributed by atoms with Crippen LogP contribution in [0, 0.1) is 11.6 Å². The molecule has 0 saturated heterocycles. The van der Waals surface area contributed by atoms with Crippen LogP contribution in [0.25, 0.3) is 0 Å². The van der Waals surface area contributed by atoms with E-state index >= 15 is 0 Å². The van der Waals surface area contributed by atoms with Gasteiger partial charge in [-0.15, -0.1) is 0 Å². The molecule has 0 bridgehead atoms. The maximum atomic E-state index is 13.5. The molecule has 4 aromatic rings. The topological polar surface area (TPSA) is 88.1 Å². The van der Waals surface area contributed by atoms with E-state index in [1.165, 1.54) is 41.4 Å². The zero-order chi connectivity index (χ0) is 27.6. The maximum absolute atomic E-state index is 13.5. The Kier molecular flexibility index (Phi) is 7.12. The standard InChI is InChI=1S/C29H23F2N3O4S/c1-39(36,37)26-16-14-25(15-17-26)38-24-12-10-23(11-13-24)32-29(35)34-18-27(19-2-6-21(30)7-3-19)28(33-34)20-4-8-22(31)9-5-20/h2-17,27H,18H2,1H3,(H,32,35). The molecule has 1 N–H and O–H groups in total. The fourth-order valence-corrected chi connectivity index (χ4v) is 4.78. The molecule has 0 spiro atoms. The lowest BCUT2D eigenvalue weighted by Gasteiger charge is -2.16. The van der Waals surface area contributed by atoms with Crippen LogP contribution in [0.1, 0.15) is 17.0 Å². The number of urea groups is 1. The highest BCUT2D eigenvalue weighted by Gasteiger charge is 2.32. The number of hydrogen-bond donors (Lipinski definition) is 1. The van der Waals surface area contributed by atoms with Crippen LogP contribution in [0.2, 0.25) is 0 Å². The number of sulfone groups is 1. The third kappa shape index (κ3) is 6.12. The number of rotatable bonds is 6.